The van der Waals surface area contributed by atoms with E-state index in [9.17, 15) is 0 Å². The van der Waals surface area contributed by atoms with Gasteiger partial charge >= 0.3 is 0 Å². The summed E-state index contributed by atoms with van der Waals surface area (Å²) in [6, 6.07) is 7.81. The SMILES string of the molecule is COc1ccc(-c2cnc3c4nccnc4nn3c2)cc1. The summed E-state index contributed by atoms with van der Waals surface area (Å²) in [7, 11) is 1.65. The summed E-state index contributed by atoms with van der Waals surface area (Å²) in [5.41, 5.74) is 4.02. The van der Waals surface area contributed by atoms with Crippen LogP contribution in [0.2, 0.25) is 0 Å². The first-order valence-electron chi connectivity index (χ1n) is 6.45. The summed E-state index contributed by atoms with van der Waals surface area (Å²) in [6.45, 7) is 0. The average Bonchev–Trinajstić information content (AvgIpc) is 2.92. The van der Waals surface area contributed by atoms with Gasteiger partial charge in [0, 0.05) is 30.4 Å². The number of methoxy groups -OCH3 is 1. The lowest BCUT2D eigenvalue weighted by Gasteiger charge is -2.03. The predicted octanol–water partition coefficient (Wildman–Crippen LogP) is 2.35. The van der Waals surface area contributed by atoms with Crippen molar-refractivity contribution < 1.29 is 4.74 Å². The van der Waals surface area contributed by atoms with Gasteiger partial charge in [-0.25, -0.2) is 19.5 Å². The van der Waals surface area contributed by atoms with Crippen LogP contribution in [0.15, 0.2) is 49.1 Å². The van der Waals surface area contributed by atoms with Crippen LogP contribution in [0.5, 0.6) is 5.75 Å². The van der Waals surface area contributed by atoms with Crippen molar-refractivity contribution in [3.05, 3.63) is 49.1 Å². The molecule has 6 heteroatoms. The Morgan fingerprint density at radius 2 is 1.76 bits per heavy atom. The van der Waals surface area contributed by atoms with E-state index < -0.39 is 0 Å². The van der Waals surface area contributed by atoms with Gasteiger partial charge in [0.05, 0.1) is 7.11 Å². The molecule has 21 heavy (non-hydrogen) atoms. The molecule has 0 unspecified atom stereocenters. The van der Waals surface area contributed by atoms with Crippen LogP contribution in [-0.2, 0) is 0 Å². The van der Waals surface area contributed by atoms with E-state index in [-0.39, 0.29) is 0 Å². The first-order chi connectivity index (χ1) is 10.3. The molecule has 0 saturated heterocycles. The second-order valence-corrected chi connectivity index (χ2v) is 4.57. The zero-order valence-electron chi connectivity index (χ0n) is 11.3. The molecule has 0 bridgehead atoms. The Morgan fingerprint density at radius 1 is 0.952 bits per heavy atom. The van der Waals surface area contributed by atoms with E-state index in [1.54, 1.807) is 24.0 Å². The van der Waals surface area contributed by atoms with E-state index in [1.165, 1.54) is 0 Å². The summed E-state index contributed by atoms with van der Waals surface area (Å²) >= 11 is 0. The molecule has 102 valence electrons. The standard InChI is InChI=1S/C15H11N5O/c1-21-12-4-2-10(3-5-12)11-8-18-15-13-14(17-7-6-16-13)19-20(15)9-11/h2-9H,1H3. The molecule has 0 aliphatic rings. The molecule has 0 fully saturated rings. The molecule has 0 aliphatic heterocycles. The van der Waals surface area contributed by atoms with Gasteiger partial charge in [-0.2, -0.15) is 0 Å². The van der Waals surface area contributed by atoms with Crippen LogP contribution >= 0.6 is 0 Å². The minimum absolute atomic E-state index is 0.594. The second-order valence-electron chi connectivity index (χ2n) is 4.57. The Labute approximate surface area is 120 Å². The number of ether oxygens (including phenoxy) is 1. The quantitative estimate of drug-likeness (QED) is 0.562. The van der Waals surface area contributed by atoms with Crippen molar-refractivity contribution >= 4 is 16.8 Å². The largest absolute Gasteiger partial charge is 0.497 e. The first kappa shape index (κ1) is 11.8. The highest BCUT2D eigenvalue weighted by Crippen LogP contribution is 2.23. The maximum atomic E-state index is 5.17. The summed E-state index contributed by atoms with van der Waals surface area (Å²) in [5.74, 6) is 0.825. The lowest BCUT2D eigenvalue weighted by Crippen LogP contribution is -1.91. The van der Waals surface area contributed by atoms with Gasteiger partial charge in [-0.05, 0) is 17.7 Å². The lowest BCUT2D eigenvalue weighted by molar-refractivity contribution is 0.415. The Morgan fingerprint density at radius 3 is 2.57 bits per heavy atom. The van der Waals surface area contributed by atoms with Gasteiger partial charge in [0.15, 0.2) is 11.2 Å². The van der Waals surface area contributed by atoms with Gasteiger partial charge in [-0.15, -0.1) is 5.10 Å². The summed E-state index contributed by atoms with van der Waals surface area (Å²) in [5, 5.41) is 4.39. The van der Waals surface area contributed by atoms with Crippen LogP contribution in [0.3, 0.4) is 0 Å². The molecule has 4 rings (SSSR count). The van der Waals surface area contributed by atoms with Gasteiger partial charge in [0.2, 0.25) is 5.65 Å². The maximum absolute atomic E-state index is 5.17. The Balaban J connectivity index is 1.87. The average molecular weight is 277 g/mol. The third kappa shape index (κ3) is 1.88. The fraction of sp³-hybridized carbons (Fsp3) is 0.0667. The van der Waals surface area contributed by atoms with Crippen LogP contribution in [-0.4, -0.2) is 31.7 Å². The maximum Gasteiger partial charge on any atom is 0.202 e. The third-order valence-corrected chi connectivity index (χ3v) is 3.32. The molecule has 1 aromatic carbocycles. The summed E-state index contributed by atoms with van der Waals surface area (Å²) in [6.07, 6.45) is 7.00. The molecule has 4 aromatic rings. The Kier molecular flexibility index (Phi) is 2.53. The normalized spacial score (nSPS) is 11.1. The zero-order valence-corrected chi connectivity index (χ0v) is 11.3. The van der Waals surface area contributed by atoms with Gasteiger partial charge < -0.3 is 4.74 Å². The Bertz CT molecular complexity index is 930. The fourth-order valence-electron chi connectivity index (χ4n) is 2.26. The van der Waals surface area contributed by atoms with Crippen LogP contribution in [0.25, 0.3) is 27.9 Å². The van der Waals surface area contributed by atoms with Crippen LogP contribution in [0.4, 0.5) is 0 Å². The van der Waals surface area contributed by atoms with Crippen LogP contribution in [0, 0.1) is 0 Å². The van der Waals surface area contributed by atoms with Crippen LogP contribution in [0.1, 0.15) is 0 Å². The van der Waals surface area contributed by atoms with Crippen molar-refractivity contribution in [2.24, 2.45) is 0 Å². The van der Waals surface area contributed by atoms with Crippen molar-refractivity contribution in [3.8, 4) is 16.9 Å². The monoisotopic (exact) mass is 277 g/mol. The highest BCUT2D eigenvalue weighted by Gasteiger charge is 2.09. The van der Waals surface area contributed by atoms with Crippen molar-refractivity contribution in [2.75, 3.05) is 7.11 Å². The van der Waals surface area contributed by atoms with E-state index >= 15 is 0 Å². The van der Waals surface area contributed by atoms with Crippen LogP contribution < -0.4 is 4.74 Å². The number of hydrogen-bond donors (Lipinski definition) is 0. The predicted molar refractivity (Wildman–Crippen MR) is 78.1 cm³/mol. The number of hydrogen-bond acceptors (Lipinski definition) is 5. The second kappa shape index (κ2) is 4.52. The van der Waals surface area contributed by atoms with Crippen molar-refractivity contribution in [1.29, 1.82) is 0 Å². The van der Waals surface area contributed by atoms with E-state index in [4.69, 9.17) is 4.74 Å². The van der Waals surface area contributed by atoms with Gasteiger partial charge in [-0.3, -0.25) is 0 Å². The number of rotatable bonds is 2. The fourth-order valence-corrected chi connectivity index (χ4v) is 2.26. The van der Waals surface area contributed by atoms with E-state index in [1.807, 2.05) is 36.7 Å². The minimum Gasteiger partial charge on any atom is -0.497 e. The molecule has 0 spiro atoms. The molecule has 0 N–H and O–H groups in total. The molecular formula is C15H11N5O. The Hall–Kier alpha value is -3.02. The molecule has 6 nitrogen and oxygen atoms in total. The zero-order chi connectivity index (χ0) is 14.2. The molecular weight excluding hydrogens is 266 g/mol. The molecule has 0 amide bonds. The molecule has 0 saturated carbocycles. The number of fused-ring (bicyclic) bond motifs is 3. The number of nitrogens with zero attached hydrogens (tertiary/aromatic N) is 5. The highest BCUT2D eigenvalue weighted by molar-refractivity contribution is 5.85. The molecule has 0 atom stereocenters. The molecule has 0 radical (unpaired) electrons. The van der Waals surface area contributed by atoms with E-state index in [2.05, 4.69) is 20.1 Å². The molecule has 3 aromatic heterocycles. The van der Waals surface area contributed by atoms with Crippen molar-refractivity contribution in [1.82, 2.24) is 24.6 Å². The van der Waals surface area contributed by atoms with Crippen molar-refractivity contribution in [3.63, 3.8) is 0 Å². The van der Waals surface area contributed by atoms with E-state index in [0.717, 1.165) is 16.9 Å². The number of benzene rings is 1. The molecule has 0 aliphatic carbocycles. The van der Waals surface area contributed by atoms with Crippen molar-refractivity contribution in [2.45, 2.75) is 0 Å². The molecule has 3 heterocycles. The topological polar surface area (TPSA) is 65.2 Å². The van der Waals surface area contributed by atoms with E-state index in [0.29, 0.717) is 16.8 Å². The highest BCUT2D eigenvalue weighted by atomic mass is 16.5. The minimum atomic E-state index is 0.594. The smallest absolute Gasteiger partial charge is 0.202 e. The summed E-state index contributed by atoms with van der Waals surface area (Å²) in [4.78, 5) is 12.9. The lowest BCUT2D eigenvalue weighted by atomic mass is 10.1. The third-order valence-electron chi connectivity index (χ3n) is 3.32. The first-order valence-corrected chi connectivity index (χ1v) is 6.45. The van der Waals surface area contributed by atoms with Gasteiger partial charge in [-0.1, -0.05) is 12.1 Å². The van der Waals surface area contributed by atoms with Gasteiger partial charge in [0.25, 0.3) is 0 Å². The summed E-state index contributed by atoms with van der Waals surface area (Å²) < 4.78 is 6.88. The number of aromatic nitrogens is 5. The van der Waals surface area contributed by atoms with Gasteiger partial charge in [0.1, 0.15) is 5.75 Å².